The first-order valence-corrected chi connectivity index (χ1v) is 8.02. The van der Waals surface area contributed by atoms with Gasteiger partial charge in [-0.05, 0) is 13.8 Å². The van der Waals surface area contributed by atoms with Gasteiger partial charge in [0.25, 0.3) is 0 Å². The number of carbonyl (C=O) groups is 1. The zero-order valence-electron chi connectivity index (χ0n) is 13.3. The number of aromatic nitrogens is 3. The minimum Gasteiger partial charge on any atom is -0.372 e. The summed E-state index contributed by atoms with van der Waals surface area (Å²) >= 11 is 7.05. The van der Waals surface area contributed by atoms with E-state index in [-0.39, 0.29) is 21.9 Å². The zero-order chi connectivity index (χ0) is 19.0. The second-order valence-corrected chi connectivity index (χ2v) is 6.81. The second-order valence-electron chi connectivity index (χ2n) is 5.46. The fourth-order valence-electron chi connectivity index (χ4n) is 1.69. The minimum atomic E-state index is -4.59. The van der Waals surface area contributed by atoms with Crippen LogP contribution in [0.2, 0.25) is 5.15 Å². The third-order valence-electron chi connectivity index (χ3n) is 3.29. The van der Waals surface area contributed by atoms with E-state index < -0.39 is 23.1 Å². The van der Waals surface area contributed by atoms with Crippen molar-refractivity contribution in [2.45, 2.75) is 25.4 Å². The molecule has 0 unspecified atom stereocenters. The summed E-state index contributed by atoms with van der Waals surface area (Å²) in [5.74, 6) is -1.08. The van der Waals surface area contributed by atoms with Crippen molar-refractivity contribution in [3.63, 3.8) is 0 Å². The van der Waals surface area contributed by atoms with E-state index in [9.17, 15) is 18.0 Å². The molecule has 0 saturated carbocycles. The molecule has 7 nitrogen and oxygen atoms in total. The number of nitrogens with two attached hydrogens (primary N) is 1. The van der Waals surface area contributed by atoms with E-state index in [1.165, 1.54) is 7.05 Å². The van der Waals surface area contributed by atoms with E-state index in [1.807, 2.05) is 0 Å². The van der Waals surface area contributed by atoms with Gasteiger partial charge in [-0.15, -0.1) is 0 Å². The highest BCUT2D eigenvalue weighted by Gasteiger charge is 2.35. The molecule has 12 heteroatoms. The van der Waals surface area contributed by atoms with Gasteiger partial charge in [0.2, 0.25) is 11.9 Å². The molecule has 0 saturated heterocycles. The van der Waals surface area contributed by atoms with Gasteiger partial charge in [-0.2, -0.15) is 18.2 Å². The Morgan fingerprint density at radius 2 is 1.96 bits per heavy atom. The van der Waals surface area contributed by atoms with Gasteiger partial charge in [0, 0.05) is 13.2 Å². The highest BCUT2D eigenvalue weighted by molar-refractivity contribution is 7.16. The van der Waals surface area contributed by atoms with Crippen LogP contribution in [0.1, 0.15) is 24.4 Å². The van der Waals surface area contributed by atoms with Gasteiger partial charge in [-0.25, -0.2) is 9.97 Å². The molecule has 0 fully saturated rings. The summed E-state index contributed by atoms with van der Waals surface area (Å²) < 4.78 is 38.6. The van der Waals surface area contributed by atoms with Crippen LogP contribution in [-0.2, 0) is 16.4 Å². The van der Waals surface area contributed by atoms with Gasteiger partial charge in [0.1, 0.15) is 21.4 Å². The van der Waals surface area contributed by atoms with E-state index in [0.29, 0.717) is 11.2 Å². The average Bonchev–Trinajstić information content (AvgIpc) is 2.87. The van der Waals surface area contributed by atoms with Crippen molar-refractivity contribution in [3.8, 4) is 0 Å². The molecule has 0 spiro atoms. The molecule has 1 amide bonds. The van der Waals surface area contributed by atoms with Crippen LogP contribution in [0, 0.1) is 0 Å². The lowest BCUT2D eigenvalue weighted by molar-refractivity contribution is -0.137. The van der Waals surface area contributed by atoms with Crippen LogP contribution >= 0.6 is 22.9 Å². The number of alkyl halides is 3. The Kier molecular flexibility index (Phi) is 5.09. The number of rotatable bonds is 5. The van der Waals surface area contributed by atoms with Crippen LogP contribution in [-0.4, -0.2) is 27.9 Å². The Hall–Kier alpha value is -2.14. The lowest BCUT2D eigenvalue weighted by Crippen LogP contribution is -2.35. The highest BCUT2D eigenvalue weighted by atomic mass is 35.5. The number of amides is 1. The first-order valence-electron chi connectivity index (χ1n) is 6.82. The number of carbonyl (C=O) groups excluding carboxylic acids is 1. The third-order valence-corrected chi connectivity index (χ3v) is 4.97. The molecule has 0 bridgehead atoms. The summed E-state index contributed by atoms with van der Waals surface area (Å²) in [6, 6.07) is 0. The summed E-state index contributed by atoms with van der Waals surface area (Å²) in [5, 5.41) is 5.74. The largest absolute Gasteiger partial charge is 0.421 e. The standard InChI is InChI=1S/C13H14ClF3N6OS/c1-12(2,9(18)24)10-21-6(14)8(25-10)23-11-20-4-5(13(15,16)17)7(19-3)22-11/h4H,1-3H3,(H2,18,24)(H2,19,20,22,23). The molecule has 0 aliphatic heterocycles. The molecular weight excluding hydrogens is 381 g/mol. The van der Waals surface area contributed by atoms with E-state index >= 15 is 0 Å². The maximum Gasteiger partial charge on any atom is 0.421 e. The molecule has 0 aromatic carbocycles. The van der Waals surface area contributed by atoms with Gasteiger partial charge in [-0.3, -0.25) is 4.79 Å². The summed E-state index contributed by atoms with van der Waals surface area (Å²) in [6.45, 7) is 3.17. The molecule has 25 heavy (non-hydrogen) atoms. The maximum atomic E-state index is 12.9. The molecular formula is C13H14ClF3N6OS. The molecule has 0 aliphatic rings. The number of primary amides is 1. The van der Waals surface area contributed by atoms with Crippen molar-refractivity contribution in [3.05, 3.63) is 21.9 Å². The lowest BCUT2D eigenvalue weighted by atomic mass is 9.94. The zero-order valence-corrected chi connectivity index (χ0v) is 14.9. The topological polar surface area (TPSA) is 106 Å². The SMILES string of the molecule is CNc1nc(Nc2sc(C(C)(C)C(N)=O)nc2Cl)ncc1C(F)(F)F. The molecule has 0 aliphatic carbocycles. The van der Waals surface area contributed by atoms with Crippen LogP contribution in [0.25, 0.3) is 0 Å². The van der Waals surface area contributed by atoms with Crippen LogP contribution in [0.15, 0.2) is 6.20 Å². The summed E-state index contributed by atoms with van der Waals surface area (Å²) in [6.07, 6.45) is -3.93. The molecule has 2 rings (SSSR count). The molecule has 2 aromatic heterocycles. The fraction of sp³-hybridized carbons (Fsp3) is 0.385. The molecule has 2 aromatic rings. The first kappa shape index (κ1) is 19.2. The Bertz CT molecular complexity index is 808. The Morgan fingerprint density at radius 3 is 2.48 bits per heavy atom. The fourth-order valence-corrected chi connectivity index (χ4v) is 2.95. The van der Waals surface area contributed by atoms with Gasteiger partial charge >= 0.3 is 6.18 Å². The maximum absolute atomic E-state index is 12.9. The number of thiazole rings is 1. The van der Waals surface area contributed by atoms with Crippen molar-refractivity contribution in [1.29, 1.82) is 0 Å². The van der Waals surface area contributed by atoms with Gasteiger partial charge in [-0.1, -0.05) is 22.9 Å². The second kappa shape index (κ2) is 6.64. The van der Waals surface area contributed by atoms with Crippen LogP contribution in [0.4, 0.5) is 29.9 Å². The Morgan fingerprint density at radius 1 is 1.32 bits per heavy atom. The quantitative estimate of drug-likeness (QED) is 0.719. The van der Waals surface area contributed by atoms with Crippen LogP contribution in [0.5, 0.6) is 0 Å². The summed E-state index contributed by atoms with van der Waals surface area (Å²) in [5.41, 5.74) is 3.29. The predicted octanol–water partition coefficient (Wildman–Crippen LogP) is 3.15. The molecule has 0 radical (unpaired) electrons. The monoisotopic (exact) mass is 394 g/mol. The predicted molar refractivity (Wildman–Crippen MR) is 89.2 cm³/mol. The molecule has 4 N–H and O–H groups in total. The first-order chi connectivity index (χ1) is 11.5. The molecule has 136 valence electrons. The van der Waals surface area contributed by atoms with Crippen molar-refractivity contribution < 1.29 is 18.0 Å². The van der Waals surface area contributed by atoms with Crippen molar-refractivity contribution in [2.75, 3.05) is 17.7 Å². The Labute approximate surface area is 149 Å². The highest BCUT2D eigenvalue weighted by Crippen LogP contribution is 2.38. The number of nitrogens with one attached hydrogen (secondary N) is 2. The van der Waals surface area contributed by atoms with Crippen molar-refractivity contribution in [1.82, 2.24) is 15.0 Å². The number of hydrogen-bond donors (Lipinski definition) is 3. The smallest absolute Gasteiger partial charge is 0.372 e. The van der Waals surface area contributed by atoms with Gasteiger partial charge < -0.3 is 16.4 Å². The van der Waals surface area contributed by atoms with E-state index in [4.69, 9.17) is 17.3 Å². The third kappa shape index (κ3) is 3.93. The number of anilines is 3. The summed E-state index contributed by atoms with van der Waals surface area (Å²) in [7, 11) is 1.31. The van der Waals surface area contributed by atoms with Gasteiger partial charge in [0.05, 0.1) is 5.41 Å². The van der Waals surface area contributed by atoms with E-state index in [2.05, 4.69) is 25.6 Å². The van der Waals surface area contributed by atoms with Crippen molar-refractivity contribution in [2.24, 2.45) is 5.73 Å². The van der Waals surface area contributed by atoms with Crippen LogP contribution < -0.4 is 16.4 Å². The summed E-state index contributed by atoms with van der Waals surface area (Å²) in [4.78, 5) is 23.0. The number of halogens is 4. The van der Waals surface area contributed by atoms with E-state index in [1.54, 1.807) is 13.8 Å². The molecule has 2 heterocycles. The van der Waals surface area contributed by atoms with Gasteiger partial charge in [0.15, 0.2) is 5.15 Å². The normalized spacial score (nSPS) is 12.1. The lowest BCUT2D eigenvalue weighted by Gasteiger charge is -2.16. The minimum absolute atomic E-state index is 0.0313. The molecule has 0 atom stereocenters. The Balaban J connectivity index is 2.35. The number of nitrogens with zero attached hydrogens (tertiary/aromatic N) is 3. The van der Waals surface area contributed by atoms with Crippen molar-refractivity contribution >= 4 is 45.6 Å². The average molecular weight is 395 g/mol. The number of hydrogen-bond acceptors (Lipinski definition) is 7. The van der Waals surface area contributed by atoms with Crippen LogP contribution in [0.3, 0.4) is 0 Å². The van der Waals surface area contributed by atoms with E-state index in [0.717, 1.165) is 11.3 Å².